The molecule has 4 nitrogen and oxygen atoms in total. The second-order valence-electron chi connectivity index (χ2n) is 1.84. The smallest absolute Gasteiger partial charge is 0.245 e. The summed E-state index contributed by atoms with van der Waals surface area (Å²) in [6.07, 6.45) is 2.52. The van der Waals surface area contributed by atoms with Crippen molar-refractivity contribution < 1.29 is 14.3 Å². The Balaban J connectivity index is 3.05. The maximum atomic E-state index is 10.5. The Kier molecular flexibility index (Phi) is 6.97. The maximum absolute atomic E-state index is 10.5. The van der Waals surface area contributed by atoms with Crippen molar-refractivity contribution in [2.24, 2.45) is 0 Å². The number of carbonyl (C=O) groups excluding carboxylic acids is 1. The largest absolute Gasteiger partial charge is 0.499 e. The molecule has 0 heterocycles. The lowest BCUT2D eigenvalue weighted by Gasteiger charge is -2.03. The molecule has 0 saturated carbocycles. The van der Waals surface area contributed by atoms with Crippen LogP contribution < -0.4 is 5.32 Å². The highest BCUT2D eigenvalue weighted by Gasteiger charge is 1.91. The van der Waals surface area contributed by atoms with Gasteiger partial charge in [-0.2, -0.15) is 0 Å². The molecule has 0 saturated heterocycles. The van der Waals surface area contributed by atoms with E-state index in [1.54, 1.807) is 0 Å². The molecule has 0 aliphatic rings. The molecule has 1 N–H and O–H groups in total. The van der Waals surface area contributed by atoms with E-state index in [9.17, 15) is 4.79 Å². The third-order valence-corrected chi connectivity index (χ3v) is 0.997. The zero-order chi connectivity index (χ0) is 9.23. The second-order valence-corrected chi connectivity index (χ2v) is 1.84. The van der Waals surface area contributed by atoms with Crippen LogP contribution in [-0.2, 0) is 14.3 Å². The minimum atomic E-state index is -0.250. The van der Waals surface area contributed by atoms with Crippen molar-refractivity contribution in [3.05, 3.63) is 25.5 Å². The lowest BCUT2D eigenvalue weighted by Crippen LogP contribution is -2.24. The fraction of sp³-hybridized carbons (Fsp3) is 0.375. The van der Waals surface area contributed by atoms with Crippen LogP contribution in [0.1, 0.15) is 0 Å². The Morgan fingerprint density at radius 2 is 2.17 bits per heavy atom. The molecule has 1 amide bonds. The Morgan fingerprint density at radius 1 is 1.42 bits per heavy atom. The van der Waals surface area contributed by atoms with Gasteiger partial charge in [0.05, 0.1) is 12.9 Å². The van der Waals surface area contributed by atoms with Crippen molar-refractivity contribution in [2.45, 2.75) is 0 Å². The van der Waals surface area contributed by atoms with E-state index in [-0.39, 0.29) is 12.6 Å². The van der Waals surface area contributed by atoms with Gasteiger partial charge in [0.15, 0.2) is 0 Å². The van der Waals surface area contributed by atoms with Crippen LogP contribution in [0.4, 0.5) is 0 Å². The van der Waals surface area contributed by atoms with Gasteiger partial charge in [-0.15, -0.1) is 0 Å². The van der Waals surface area contributed by atoms with Crippen molar-refractivity contribution in [1.82, 2.24) is 5.32 Å². The molecule has 68 valence electrons. The fourth-order valence-corrected chi connectivity index (χ4v) is 0.457. The SMILES string of the molecule is C=COCCOCNC(=O)C=C. The average Bonchev–Trinajstić information content (AvgIpc) is 2.10. The third-order valence-electron chi connectivity index (χ3n) is 0.997. The van der Waals surface area contributed by atoms with Gasteiger partial charge in [0.1, 0.15) is 13.3 Å². The molecule has 0 rings (SSSR count). The van der Waals surface area contributed by atoms with Crippen LogP contribution >= 0.6 is 0 Å². The summed E-state index contributed by atoms with van der Waals surface area (Å²) in [6.45, 7) is 7.67. The summed E-state index contributed by atoms with van der Waals surface area (Å²) in [5.41, 5.74) is 0. The summed E-state index contributed by atoms with van der Waals surface area (Å²) in [4.78, 5) is 10.5. The Morgan fingerprint density at radius 3 is 2.75 bits per heavy atom. The molecule has 0 unspecified atom stereocenters. The van der Waals surface area contributed by atoms with E-state index in [0.29, 0.717) is 13.2 Å². The second kappa shape index (κ2) is 7.81. The van der Waals surface area contributed by atoms with E-state index in [0.717, 1.165) is 0 Å². The van der Waals surface area contributed by atoms with Gasteiger partial charge in [-0.25, -0.2) is 0 Å². The van der Waals surface area contributed by atoms with E-state index in [4.69, 9.17) is 9.47 Å². The molecule has 0 spiro atoms. The first-order chi connectivity index (χ1) is 5.81. The van der Waals surface area contributed by atoms with E-state index in [1.807, 2.05) is 0 Å². The van der Waals surface area contributed by atoms with Crippen LogP contribution in [0.15, 0.2) is 25.5 Å². The molecule has 0 atom stereocenters. The van der Waals surface area contributed by atoms with Gasteiger partial charge in [-0.3, -0.25) is 4.79 Å². The highest BCUT2D eigenvalue weighted by atomic mass is 16.5. The highest BCUT2D eigenvalue weighted by Crippen LogP contribution is 1.76. The number of ether oxygens (including phenoxy) is 2. The van der Waals surface area contributed by atoms with E-state index >= 15 is 0 Å². The summed E-state index contributed by atoms with van der Waals surface area (Å²) < 4.78 is 9.73. The minimum absolute atomic E-state index is 0.172. The van der Waals surface area contributed by atoms with Crippen LogP contribution in [0.25, 0.3) is 0 Å². The van der Waals surface area contributed by atoms with Gasteiger partial charge < -0.3 is 14.8 Å². The van der Waals surface area contributed by atoms with E-state index in [1.165, 1.54) is 12.3 Å². The molecule has 12 heavy (non-hydrogen) atoms. The van der Waals surface area contributed by atoms with Gasteiger partial charge in [0, 0.05) is 0 Å². The molecule has 0 radical (unpaired) electrons. The predicted octanol–water partition coefficient (Wildman–Crippen LogP) is 0.423. The predicted molar refractivity (Wildman–Crippen MR) is 45.3 cm³/mol. The Bertz CT molecular complexity index is 156. The Hall–Kier alpha value is -1.29. The Labute approximate surface area is 71.9 Å². The molecule has 0 fully saturated rings. The standard InChI is InChI=1S/C8H13NO3/c1-3-8(10)9-7-12-6-5-11-4-2/h3-4H,1-2,5-7H2,(H,9,10). The number of hydrogen-bond donors (Lipinski definition) is 1. The molecule has 4 heteroatoms. The fourth-order valence-electron chi connectivity index (χ4n) is 0.457. The van der Waals surface area contributed by atoms with E-state index in [2.05, 4.69) is 18.5 Å². The van der Waals surface area contributed by atoms with Gasteiger partial charge >= 0.3 is 0 Å². The van der Waals surface area contributed by atoms with Crippen molar-refractivity contribution in [2.75, 3.05) is 19.9 Å². The van der Waals surface area contributed by atoms with Crippen molar-refractivity contribution in [3.63, 3.8) is 0 Å². The highest BCUT2D eigenvalue weighted by molar-refractivity contribution is 5.86. The lowest BCUT2D eigenvalue weighted by molar-refractivity contribution is -0.118. The summed E-state index contributed by atoms with van der Waals surface area (Å²) in [5.74, 6) is -0.250. The van der Waals surface area contributed by atoms with Crippen molar-refractivity contribution in [3.8, 4) is 0 Å². The van der Waals surface area contributed by atoms with Crippen LogP contribution in [0.2, 0.25) is 0 Å². The van der Waals surface area contributed by atoms with Crippen LogP contribution in [0, 0.1) is 0 Å². The number of rotatable bonds is 7. The number of amides is 1. The van der Waals surface area contributed by atoms with Gasteiger partial charge in [-0.05, 0) is 6.08 Å². The van der Waals surface area contributed by atoms with Crippen LogP contribution in [0.3, 0.4) is 0 Å². The molecule has 0 aromatic rings. The summed E-state index contributed by atoms with van der Waals surface area (Å²) in [6, 6.07) is 0. The molecule has 0 aliphatic heterocycles. The average molecular weight is 171 g/mol. The topological polar surface area (TPSA) is 47.6 Å². The summed E-state index contributed by atoms with van der Waals surface area (Å²) >= 11 is 0. The van der Waals surface area contributed by atoms with Gasteiger partial charge in [0.2, 0.25) is 5.91 Å². The minimum Gasteiger partial charge on any atom is -0.499 e. The van der Waals surface area contributed by atoms with E-state index < -0.39 is 0 Å². The first kappa shape index (κ1) is 10.7. The van der Waals surface area contributed by atoms with Gasteiger partial charge in [-0.1, -0.05) is 13.2 Å². The maximum Gasteiger partial charge on any atom is 0.245 e. The van der Waals surface area contributed by atoms with Crippen molar-refractivity contribution >= 4 is 5.91 Å². The molecular weight excluding hydrogens is 158 g/mol. The summed E-state index contributed by atoms with van der Waals surface area (Å²) in [7, 11) is 0. The zero-order valence-corrected chi connectivity index (χ0v) is 6.91. The monoisotopic (exact) mass is 171 g/mol. The molecule has 0 aliphatic carbocycles. The molecular formula is C8H13NO3. The molecule has 0 bridgehead atoms. The zero-order valence-electron chi connectivity index (χ0n) is 6.91. The van der Waals surface area contributed by atoms with Crippen molar-refractivity contribution in [1.29, 1.82) is 0 Å². The first-order valence-electron chi connectivity index (χ1n) is 3.51. The van der Waals surface area contributed by atoms with Gasteiger partial charge in [0.25, 0.3) is 0 Å². The number of hydrogen-bond acceptors (Lipinski definition) is 3. The lowest BCUT2D eigenvalue weighted by atomic mass is 10.6. The summed E-state index contributed by atoms with van der Waals surface area (Å²) in [5, 5.41) is 2.45. The molecule has 0 aromatic carbocycles. The quantitative estimate of drug-likeness (QED) is 0.261. The first-order valence-corrected chi connectivity index (χ1v) is 3.51. The molecule has 0 aromatic heterocycles. The number of carbonyl (C=O) groups is 1. The van der Waals surface area contributed by atoms with Crippen LogP contribution in [-0.4, -0.2) is 25.9 Å². The van der Waals surface area contributed by atoms with Crippen LogP contribution in [0.5, 0.6) is 0 Å². The number of nitrogens with one attached hydrogen (secondary N) is 1. The normalized spacial score (nSPS) is 8.67. The third kappa shape index (κ3) is 6.82.